The van der Waals surface area contributed by atoms with E-state index in [0.717, 1.165) is 0 Å². The Labute approximate surface area is 201 Å². The summed E-state index contributed by atoms with van der Waals surface area (Å²) < 4.78 is 19.2. The molecule has 0 aromatic carbocycles. The van der Waals surface area contributed by atoms with Gasteiger partial charge in [0.2, 0.25) is 23.6 Å². The molecule has 11 heteroatoms. The average molecular weight is 484 g/mol. The summed E-state index contributed by atoms with van der Waals surface area (Å²) in [5.74, 6) is -2.02. The lowest BCUT2D eigenvalue weighted by atomic mass is 9.82. The van der Waals surface area contributed by atoms with Gasteiger partial charge in [-0.2, -0.15) is 9.37 Å². The van der Waals surface area contributed by atoms with E-state index in [2.05, 4.69) is 38.3 Å². The zero-order valence-corrected chi connectivity index (χ0v) is 19.1. The van der Waals surface area contributed by atoms with Crippen molar-refractivity contribution in [1.82, 2.24) is 20.4 Å². The fourth-order valence-electron chi connectivity index (χ4n) is 3.58. The Balaban J connectivity index is 0.00000210. The van der Waals surface area contributed by atoms with E-state index in [-0.39, 0.29) is 55.0 Å². The van der Waals surface area contributed by atoms with Gasteiger partial charge in [0, 0.05) is 36.5 Å². The molecular formula is C24H26FN5O5. The molecule has 0 fully saturated rings. The second kappa shape index (κ2) is 13.5. The number of carbonyl (C=O) groups excluding carboxylic acids is 1. The van der Waals surface area contributed by atoms with Crippen molar-refractivity contribution in [2.75, 3.05) is 6.61 Å². The Morgan fingerprint density at radius 3 is 2.83 bits per heavy atom. The number of carboxylic acids is 1. The number of aromatic nitrogens is 3. The lowest BCUT2D eigenvalue weighted by Crippen LogP contribution is -2.29. The van der Waals surface area contributed by atoms with E-state index < -0.39 is 11.9 Å². The Morgan fingerprint density at radius 2 is 2.17 bits per heavy atom. The molecule has 0 radical (unpaired) electrons. The SMILES string of the molecule is C#C.C/C=C(\N=CCO)c1noc(CCC(=O)NC2=C(C(=O)O)CC(c3cccnc3F)CC2)n1. The van der Waals surface area contributed by atoms with Gasteiger partial charge < -0.3 is 20.1 Å². The van der Waals surface area contributed by atoms with E-state index in [4.69, 9.17) is 9.63 Å². The predicted molar refractivity (Wildman–Crippen MR) is 125 cm³/mol. The Morgan fingerprint density at radius 1 is 1.40 bits per heavy atom. The smallest absolute Gasteiger partial charge is 0.333 e. The fraction of sp³-hybridized carbons (Fsp3) is 0.333. The third kappa shape index (κ3) is 7.41. The molecule has 0 saturated carbocycles. The van der Waals surface area contributed by atoms with Crippen LogP contribution in [0.1, 0.15) is 55.8 Å². The largest absolute Gasteiger partial charge is 0.478 e. The molecule has 2 aromatic rings. The number of nitrogens with zero attached hydrogens (tertiary/aromatic N) is 4. The van der Waals surface area contributed by atoms with Crippen LogP contribution in [0.25, 0.3) is 5.70 Å². The van der Waals surface area contributed by atoms with E-state index in [1.54, 1.807) is 25.1 Å². The first-order chi connectivity index (χ1) is 16.9. The number of aliphatic carboxylic acids is 1. The molecule has 2 heterocycles. The van der Waals surface area contributed by atoms with Crippen LogP contribution in [0.15, 0.2) is 45.2 Å². The van der Waals surface area contributed by atoms with Crippen LogP contribution in [-0.4, -0.2) is 50.0 Å². The number of carboxylic acid groups (broad SMARTS) is 1. The molecule has 10 nitrogen and oxygen atoms in total. The van der Waals surface area contributed by atoms with Crippen LogP contribution < -0.4 is 5.32 Å². The van der Waals surface area contributed by atoms with Gasteiger partial charge in [0.1, 0.15) is 5.70 Å². The van der Waals surface area contributed by atoms with Gasteiger partial charge in [-0.25, -0.2) is 9.78 Å². The Hall–Kier alpha value is -4.17. The topological polar surface area (TPSA) is 151 Å². The van der Waals surface area contributed by atoms with Crippen molar-refractivity contribution in [2.45, 2.75) is 44.9 Å². The molecule has 2 aromatic heterocycles. The maximum atomic E-state index is 14.0. The Bertz CT molecular complexity index is 1150. The third-order valence-electron chi connectivity index (χ3n) is 5.18. The molecule has 0 aliphatic heterocycles. The molecule has 3 rings (SSSR count). The standard InChI is InChI=1S/C22H24FN5O5.C2H2/c1-2-16(24-10-11-29)21-27-19(33-28-21)8-7-18(30)26-17-6-5-13(12-15(17)22(31)32)14-4-3-9-25-20(14)23;1-2/h2-4,9-10,13,29H,5-8,11-12H2,1H3,(H,26,30)(H,31,32);1-2H/b16-2-,24-10?;. The third-order valence-corrected chi connectivity index (χ3v) is 5.18. The fourth-order valence-corrected chi connectivity index (χ4v) is 3.58. The molecule has 1 unspecified atom stereocenters. The summed E-state index contributed by atoms with van der Waals surface area (Å²) in [7, 11) is 0. The van der Waals surface area contributed by atoms with Crippen LogP contribution >= 0.6 is 0 Å². The number of aliphatic imine (C=N–C) groups is 1. The van der Waals surface area contributed by atoms with Crippen LogP contribution in [0.4, 0.5) is 4.39 Å². The predicted octanol–water partition coefficient (Wildman–Crippen LogP) is 2.63. The molecular weight excluding hydrogens is 457 g/mol. The number of rotatable bonds is 9. The number of aliphatic hydroxyl groups excluding tert-OH is 1. The first kappa shape index (κ1) is 27.1. The molecule has 3 N–H and O–H groups in total. The first-order valence-corrected chi connectivity index (χ1v) is 10.7. The number of allylic oxidation sites excluding steroid dienone is 2. The van der Waals surface area contributed by atoms with Crippen molar-refractivity contribution in [3.05, 3.63) is 58.9 Å². The summed E-state index contributed by atoms with van der Waals surface area (Å²) in [6.07, 6.45) is 13.3. The number of halogens is 1. The van der Waals surface area contributed by atoms with E-state index in [1.165, 1.54) is 12.4 Å². The summed E-state index contributed by atoms with van der Waals surface area (Å²) >= 11 is 0. The molecule has 1 aliphatic rings. The van der Waals surface area contributed by atoms with E-state index >= 15 is 0 Å². The maximum absolute atomic E-state index is 14.0. The monoisotopic (exact) mass is 483 g/mol. The number of pyridine rings is 1. The highest BCUT2D eigenvalue weighted by Gasteiger charge is 2.29. The number of terminal acetylenes is 1. The van der Waals surface area contributed by atoms with Gasteiger partial charge in [-0.1, -0.05) is 17.3 Å². The quantitative estimate of drug-likeness (QED) is 0.280. The van der Waals surface area contributed by atoms with Crippen molar-refractivity contribution in [1.29, 1.82) is 0 Å². The molecule has 0 spiro atoms. The zero-order chi connectivity index (χ0) is 25.8. The average Bonchev–Trinajstić information content (AvgIpc) is 3.34. The first-order valence-electron chi connectivity index (χ1n) is 10.7. The number of hydrogen-bond donors (Lipinski definition) is 3. The van der Waals surface area contributed by atoms with Gasteiger partial charge in [0.05, 0.1) is 12.2 Å². The second-order valence-corrected chi connectivity index (χ2v) is 7.31. The molecule has 0 saturated heterocycles. The van der Waals surface area contributed by atoms with Gasteiger partial charge >= 0.3 is 5.97 Å². The summed E-state index contributed by atoms with van der Waals surface area (Å²) in [6, 6.07) is 3.21. The minimum atomic E-state index is -1.15. The Kier molecular flexibility index (Phi) is 10.5. The minimum Gasteiger partial charge on any atom is -0.478 e. The van der Waals surface area contributed by atoms with Gasteiger partial charge in [-0.3, -0.25) is 9.79 Å². The number of hydrogen-bond acceptors (Lipinski definition) is 8. The van der Waals surface area contributed by atoms with Crippen LogP contribution in [0.3, 0.4) is 0 Å². The highest BCUT2D eigenvalue weighted by atomic mass is 19.1. The highest BCUT2D eigenvalue weighted by molar-refractivity contribution is 5.89. The van der Waals surface area contributed by atoms with E-state index in [0.29, 0.717) is 29.8 Å². The van der Waals surface area contributed by atoms with Crippen molar-refractivity contribution in [2.24, 2.45) is 4.99 Å². The number of aryl methyl sites for hydroxylation is 1. The van der Waals surface area contributed by atoms with Crippen molar-refractivity contribution < 1.29 is 28.7 Å². The highest BCUT2D eigenvalue weighted by Crippen LogP contribution is 2.36. The number of nitrogens with one attached hydrogen (secondary N) is 1. The molecule has 1 amide bonds. The summed E-state index contributed by atoms with van der Waals surface area (Å²) in [5.41, 5.74) is 1.18. The minimum absolute atomic E-state index is 0.00374. The lowest BCUT2D eigenvalue weighted by Gasteiger charge is -2.26. The number of carbonyl (C=O) groups is 2. The van der Waals surface area contributed by atoms with Gasteiger partial charge in [0.25, 0.3) is 0 Å². The molecule has 0 bridgehead atoms. The summed E-state index contributed by atoms with van der Waals surface area (Å²) in [5, 5.41) is 24.9. The van der Waals surface area contributed by atoms with Crippen LogP contribution in [0.2, 0.25) is 0 Å². The van der Waals surface area contributed by atoms with Crippen molar-refractivity contribution >= 4 is 23.8 Å². The van der Waals surface area contributed by atoms with Crippen LogP contribution in [0.5, 0.6) is 0 Å². The van der Waals surface area contributed by atoms with Crippen LogP contribution in [-0.2, 0) is 16.0 Å². The molecule has 35 heavy (non-hydrogen) atoms. The van der Waals surface area contributed by atoms with E-state index in [1.807, 2.05) is 0 Å². The molecule has 1 aliphatic carbocycles. The van der Waals surface area contributed by atoms with Gasteiger partial charge in [0.15, 0.2) is 0 Å². The van der Waals surface area contributed by atoms with Crippen molar-refractivity contribution in [3.8, 4) is 12.8 Å². The molecule has 184 valence electrons. The lowest BCUT2D eigenvalue weighted by molar-refractivity contribution is -0.133. The zero-order valence-electron chi connectivity index (χ0n) is 19.1. The van der Waals surface area contributed by atoms with E-state index in [9.17, 15) is 19.1 Å². The summed E-state index contributed by atoms with van der Waals surface area (Å²) in [6.45, 7) is 1.51. The number of aliphatic hydroxyl groups is 1. The maximum Gasteiger partial charge on any atom is 0.333 e. The normalized spacial score (nSPS) is 16.0. The van der Waals surface area contributed by atoms with Gasteiger partial charge in [-0.05, 0) is 38.2 Å². The summed E-state index contributed by atoms with van der Waals surface area (Å²) in [4.78, 5) is 36.0. The van der Waals surface area contributed by atoms with Crippen molar-refractivity contribution in [3.63, 3.8) is 0 Å². The second-order valence-electron chi connectivity index (χ2n) is 7.31. The van der Waals surface area contributed by atoms with Crippen LogP contribution in [0, 0.1) is 18.8 Å². The number of amides is 1. The molecule has 1 atom stereocenters. The van der Waals surface area contributed by atoms with Gasteiger partial charge in [-0.15, -0.1) is 12.8 Å².